The van der Waals surface area contributed by atoms with E-state index in [0.717, 1.165) is 17.7 Å². The summed E-state index contributed by atoms with van der Waals surface area (Å²) >= 11 is 7.20. The second kappa shape index (κ2) is 7.75. The maximum Gasteiger partial charge on any atom is 0.416 e. The quantitative estimate of drug-likeness (QED) is 0.791. The van der Waals surface area contributed by atoms with Gasteiger partial charge in [0.05, 0.1) is 11.3 Å². The lowest BCUT2D eigenvalue weighted by molar-refractivity contribution is -0.137. The molecule has 0 spiro atoms. The van der Waals surface area contributed by atoms with Crippen molar-refractivity contribution in [2.24, 2.45) is 0 Å². The van der Waals surface area contributed by atoms with Crippen LogP contribution in [-0.4, -0.2) is 11.7 Å². The molecule has 0 aliphatic heterocycles. The lowest BCUT2D eigenvalue weighted by atomic mass is 10.2. The van der Waals surface area contributed by atoms with E-state index in [-0.39, 0.29) is 11.7 Å². The third-order valence-electron chi connectivity index (χ3n) is 2.91. The van der Waals surface area contributed by atoms with Crippen LogP contribution >= 0.6 is 23.4 Å². The fraction of sp³-hybridized carbons (Fsp3) is 0.188. The largest absolute Gasteiger partial charge is 0.416 e. The summed E-state index contributed by atoms with van der Waals surface area (Å²) < 4.78 is 37.3. The van der Waals surface area contributed by atoms with Gasteiger partial charge in [0.25, 0.3) is 0 Å². The van der Waals surface area contributed by atoms with Crippen molar-refractivity contribution in [3.05, 3.63) is 64.7 Å². The summed E-state index contributed by atoms with van der Waals surface area (Å²) in [5, 5.41) is 3.22. The Morgan fingerprint density at radius 3 is 2.22 bits per heavy atom. The van der Waals surface area contributed by atoms with E-state index in [4.69, 9.17) is 11.6 Å². The minimum Gasteiger partial charge on any atom is -0.325 e. The van der Waals surface area contributed by atoms with Gasteiger partial charge in [0, 0.05) is 16.5 Å². The third-order valence-corrected chi connectivity index (χ3v) is 4.17. The Balaban J connectivity index is 1.79. The molecule has 1 amide bonds. The Bertz CT molecular complexity index is 657. The average Bonchev–Trinajstić information content (AvgIpc) is 2.49. The van der Waals surface area contributed by atoms with Crippen LogP contribution in [0.25, 0.3) is 0 Å². The van der Waals surface area contributed by atoms with Crippen LogP contribution in [0, 0.1) is 0 Å². The van der Waals surface area contributed by atoms with E-state index in [9.17, 15) is 18.0 Å². The summed E-state index contributed by atoms with van der Waals surface area (Å²) in [6.07, 6.45) is -4.38. The maximum atomic E-state index is 12.4. The van der Waals surface area contributed by atoms with Crippen molar-refractivity contribution < 1.29 is 18.0 Å². The number of carbonyl (C=O) groups is 1. The van der Waals surface area contributed by atoms with Gasteiger partial charge in [-0.2, -0.15) is 13.2 Å². The lowest BCUT2D eigenvalue weighted by Gasteiger charge is -2.09. The lowest BCUT2D eigenvalue weighted by Crippen LogP contribution is -2.14. The van der Waals surface area contributed by atoms with Crippen LogP contribution in [0.15, 0.2) is 48.5 Å². The number of halogens is 4. The molecule has 0 bridgehead atoms. The number of hydrogen-bond acceptors (Lipinski definition) is 2. The molecule has 0 saturated carbocycles. The van der Waals surface area contributed by atoms with E-state index in [1.165, 1.54) is 23.9 Å². The minimum atomic E-state index is -4.38. The zero-order valence-corrected chi connectivity index (χ0v) is 13.4. The first-order chi connectivity index (χ1) is 10.8. The number of anilines is 1. The normalized spacial score (nSPS) is 11.3. The molecule has 0 unspecified atom stereocenters. The van der Waals surface area contributed by atoms with Crippen molar-refractivity contribution in [3.63, 3.8) is 0 Å². The third kappa shape index (κ3) is 5.80. The molecule has 0 atom stereocenters. The second-order valence-electron chi connectivity index (χ2n) is 4.74. The zero-order chi connectivity index (χ0) is 16.9. The highest BCUT2D eigenvalue weighted by Gasteiger charge is 2.29. The molecule has 2 rings (SSSR count). The van der Waals surface area contributed by atoms with E-state index < -0.39 is 11.7 Å². The van der Waals surface area contributed by atoms with Crippen molar-refractivity contribution in [2.75, 3.05) is 11.1 Å². The fourth-order valence-electron chi connectivity index (χ4n) is 1.78. The molecule has 0 fully saturated rings. The molecule has 122 valence electrons. The SMILES string of the molecule is O=C(CSCc1ccc(Cl)cc1)Nc1ccc(C(F)(F)F)cc1. The van der Waals surface area contributed by atoms with E-state index in [2.05, 4.69) is 5.32 Å². The second-order valence-corrected chi connectivity index (χ2v) is 6.16. The molecule has 2 aromatic rings. The Morgan fingerprint density at radius 2 is 1.65 bits per heavy atom. The predicted molar refractivity (Wildman–Crippen MR) is 87.7 cm³/mol. The number of carbonyl (C=O) groups excluding carboxylic acids is 1. The average molecular weight is 360 g/mol. The summed E-state index contributed by atoms with van der Waals surface area (Å²) in [4.78, 5) is 11.8. The molecule has 0 aliphatic rings. The molecular formula is C16H13ClF3NOS. The number of hydrogen-bond donors (Lipinski definition) is 1. The number of benzene rings is 2. The summed E-state index contributed by atoms with van der Waals surface area (Å²) in [6.45, 7) is 0. The standard InChI is InChI=1S/C16H13ClF3NOS/c17-13-5-1-11(2-6-13)9-23-10-15(22)21-14-7-3-12(4-8-14)16(18,19)20/h1-8H,9-10H2,(H,21,22). The van der Waals surface area contributed by atoms with Gasteiger partial charge in [0.2, 0.25) is 5.91 Å². The highest BCUT2D eigenvalue weighted by Crippen LogP contribution is 2.29. The maximum absolute atomic E-state index is 12.4. The Hall–Kier alpha value is -1.66. The van der Waals surface area contributed by atoms with Gasteiger partial charge >= 0.3 is 6.18 Å². The van der Waals surface area contributed by atoms with E-state index >= 15 is 0 Å². The molecule has 23 heavy (non-hydrogen) atoms. The molecule has 0 aliphatic carbocycles. The van der Waals surface area contributed by atoms with Crippen LogP contribution in [-0.2, 0) is 16.7 Å². The van der Waals surface area contributed by atoms with Gasteiger partial charge in [-0.3, -0.25) is 4.79 Å². The van der Waals surface area contributed by atoms with Gasteiger partial charge in [-0.05, 0) is 42.0 Å². The molecule has 1 N–H and O–H groups in total. The van der Waals surface area contributed by atoms with Crippen LogP contribution in [0.4, 0.5) is 18.9 Å². The topological polar surface area (TPSA) is 29.1 Å². The number of thioether (sulfide) groups is 1. The molecule has 2 aromatic carbocycles. The molecule has 7 heteroatoms. The molecule has 0 aromatic heterocycles. The van der Waals surface area contributed by atoms with Crippen molar-refractivity contribution in [1.29, 1.82) is 0 Å². The summed E-state index contributed by atoms with van der Waals surface area (Å²) in [5.41, 5.74) is 0.643. The molecular weight excluding hydrogens is 347 g/mol. The van der Waals surface area contributed by atoms with Crippen LogP contribution in [0.5, 0.6) is 0 Å². The smallest absolute Gasteiger partial charge is 0.325 e. The van der Waals surface area contributed by atoms with E-state index in [0.29, 0.717) is 16.5 Å². The van der Waals surface area contributed by atoms with Gasteiger partial charge in [-0.25, -0.2) is 0 Å². The van der Waals surface area contributed by atoms with Gasteiger partial charge in [0.15, 0.2) is 0 Å². The Labute approximate surface area is 141 Å². The first kappa shape index (κ1) is 17.7. The summed E-state index contributed by atoms with van der Waals surface area (Å²) in [5.74, 6) is 0.602. The summed E-state index contributed by atoms with van der Waals surface area (Å²) in [7, 11) is 0. The molecule has 2 nitrogen and oxygen atoms in total. The fourth-order valence-corrected chi connectivity index (χ4v) is 2.70. The number of alkyl halides is 3. The van der Waals surface area contributed by atoms with Gasteiger partial charge in [-0.1, -0.05) is 23.7 Å². The highest BCUT2D eigenvalue weighted by atomic mass is 35.5. The molecule has 0 saturated heterocycles. The molecule has 0 radical (unpaired) electrons. The van der Waals surface area contributed by atoms with Crippen molar-refractivity contribution in [2.45, 2.75) is 11.9 Å². The van der Waals surface area contributed by atoms with Crippen LogP contribution in [0.1, 0.15) is 11.1 Å². The van der Waals surface area contributed by atoms with Gasteiger partial charge < -0.3 is 5.32 Å². The van der Waals surface area contributed by atoms with Crippen LogP contribution in [0.2, 0.25) is 5.02 Å². The van der Waals surface area contributed by atoms with Crippen molar-refractivity contribution >= 4 is 35.0 Å². The van der Waals surface area contributed by atoms with Crippen LogP contribution in [0.3, 0.4) is 0 Å². The molecule has 0 heterocycles. The first-order valence-corrected chi connectivity index (χ1v) is 8.17. The number of rotatable bonds is 5. The first-order valence-electron chi connectivity index (χ1n) is 6.64. The van der Waals surface area contributed by atoms with E-state index in [1.54, 1.807) is 12.1 Å². The van der Waals surface area contributed by atoms with E-state index in [1.807, 2.05) is 12.1 Å². The van der Waals surface area contributed by atoms with Gasteiger partial charge in [0.1, 0.15) is 0 Å². The monoisotopic (exact) mass is 359 g/mol. The zero-order valence-electron chi connectivity index (χ0n) is 11.9. The minimum absolute atomic E-state index is 0.212. The van der Waals surface area contributed by atoms with Crippen molar-refractivity contribution in [3.8, 4) is 0 Å². The van der Waals surface area contributed by atoms with Gasteiger partial charge in [-0.15, -0.1) is 11.8 Å². The number of amides is 1. The highest BCUT2D eigenvalue weighted by molar-refractivity contribution is 7.99. The van der Waals surface area contributed by atoms with Crippen LogP contribution < -0.4 is 5.32 Å². The predicted octanol–water partition coefficient (Wildman–Crippen LogP) is 5.23. The van der Waals surface area contributed by atoms with Crippen molar-refractivity contribution in [1.82, 2.24) is 0 Å². The Morgan fingerprint density at radius 1 is 1.04 bits per heavy atom. The number of nitrogens with one attached hydrogen (secondary N) is 1. The summed E-state index contributed by atoms with van der Waals surface area (Å²) in [6, 6.07) is 11.7. The Kier molecular flexibility index (Phi) is 5.96.